The Morgan fingerprint density at radius 2 is 2.08 bits per heavy atom. The third kappa shape index (κ3) is 3.28. The summed E-state index contributed by atoms with van der Waals surface area (Å²) in [5, 5.41) is 7.30. The highest BCUT2D eigenvalue weighted by Crippen LogP contribution is 2.36. The van der Waals surface area contributed by atoms with Gasteiger partial charge in [-0.3, -0.25) is 10.00 Å². The fraction of sp³-hybridized carbons (Fsp3) is 0.529. The quantitative estimate of drug-likeness (QED) is 0.869. The van der Waals surface area contributed by atoms with Crippen molar-refractivity contribution in [3.63, 3.8) is 0 Å². The smallest absolute Gasteiger partial charge is 0.162 e. The van der Waals surface area contributed by atoms with Gasteiger partial charge in [0.2, 0.25) is 0 Å². The predicted molar refractivity (Wildman–Crippen MR) is 93.5 cm³/mol. The molecule has 1 N–H and O–H groups in total. The molecule has 128 valence electrons. The van der Waals surface area contributed by atoms with Crippen LogP contribution in [0.5, 0.6) is 11.5 Å². The third-order valence-electron chi connectivity index (χ3n) is 4.59. The molecule has 0 spiro atoms. The minimum Gasteiger partial charge on any atom is -0.486 e. The fourth-order valence-electron chi connectivity index (χ4n) is 3.42. The Bertz CT molecular complexity index is 733. The zero-order valence-electron chi connectivity index (χ0n) is 13.7. The van der Waals surface area contributed by atoms with Gasteiger partial charge in [-0.05, 0) is 44.0 Å². The maximum absolute atomic E-state index is 5.71. The molecule has 24 heavy (non-hydrogen) atoms. The Kier molecular flexibility index (Phi) is 4.45. The molecule has 0 aliphatic carbocycles. The molecular formula is C17H21BrN4O2. The summed E-state index contributed by atoms with van der Waals surface area (Å²) >= 11 is 3.67. The average Bonchev–Trinajstić information content (AvgIpc) is 3.02. The second-order valence-corrected chi connectivity index (χ2v) is 7.29. The van der Waals surface area contributed by atoms with E-state index < -0.39 is 0 Å². The molecule has 1 atom stereocenters. The van der Waals surface area contributed by atoms with E-state index in [9.17, 15) is 0 Å². The van der Waals surface area contributed by atoms with Crippen LogP contribution in [-0.2, 0) is 6.54 Å². The third-order valence-corrected chi connectivity index (χ3v) is 5.33. The van der Waals surface area contributed by atoms with Crippen LogP contribution in [0.3, 0.4) is 0 Å². The van der Waals surface area contributed by atoms with Crippen molar-refractivity contribution in [2.24, 2.45) is 0 Å². The molecule has 2 aliphatic rings. The van der Waals surface area contributed by atoms with Gasteiger partial charge < -0.3 is 9.47 Å². The first-order chi connectivity index (χ1) is 11.7. The molecule has 6 nitrogen and oxygen atoms in total. The normalized spacial score (nSPS) is 21.0. The van der Waals surface area contributed by atoms with Crippen molar-refractivity contribution in [1.29, 1.82) is 0 Å². The van der Waals surface area contributed by atoms with Gasteiger partial charge in [0.25, 0.3) is 0 Å². The van der Waals surface area contributed by atoms with Gasteiger partial charge in [-0.15, -0.1) is 0 Å². The van der Waals surface area contributed by atoms with Crippen molar-refractivity contribution in [2.75, 3.05) is 26.3 Å². The summed E-state index contributed by atoms with van der Waals surface area (Å²) in [4.78, 5) is 6.98. The fourth-order valence-corrected chi connectivity index (χ4v) is 3.87. The number of rotatable bonds is 3. The van der Waals surface area contributed by atoms with Gasteiger partial charge in [0, 0.05) is 23.5 Å². The van der Waals surface area contributed by atoms with E-state index in [4.69, 9.17) is 9.47 Å². The maximum atomic E-state index is 5.71. The molecule has 0 unspecified atom stereocenters. The standard InChI is InChI=1S/C17H21BrN4O2/c1-11-19-17(21-20-11)12-3-2-4-22(9-12)10-13-7-15-16(8-14(13)18)24-6-5-23-15/h7-8,12H,2-6,9-10H2,1H3,(H,19,20,21)/t12-/m0/s1. The number of piperidine rings is 1. The number of aromatic amines is 1. The van der Waals surface area contributed by atoms with Crippen LogP contribution < -0.4 is 9.47 Å². The molecular weight excluding hydrogens is 372 g/mol. The minimum absolute atomic E-state index is 0.402. The van der Waals surface area contributed by atoms with Gasteiger partial charge in [0.05, 0.1) is 0 Å². The molecule has 2 aliphatic heterocycles. The van der Waals surface area contributed by atoms with Crippen LogP contribution in [0.2, 0.25) is 0 Å². The summed E-state index contributed by atoms with van der Waals surface area (Å²) in [6, 6.07) is 4.11. The van der Waals surface area contributed by atoms with Gasteiger partial charge in [-0.1, -0.05) is 15.9 Å². The number of ether oxygens (including phenoxy) is 2. The van der Waals surface area contributed by atoms with Gasteiger partial charge >= 0.3 is 0 Å². The number of aryl methyl sites for hydroxylation is 1. The minimum atomic E-state index is 0.402. The monoisotopic (exact) mass is 392 g/mol. The van der Waals surface area contributed by atoms with Crippen LogP contribution >= 0.6 is 15.9 Å². The van der Waals surface area contributed by atoms with Crippen LogP contribution in [0.1, 0.15) is 36.0 Å². The molecule has 0 radical (unpaired) electrons. The Morgan fingerprint density at radius 1 is 1.29 bits per heavy atom. The molecule has 1 fully saturated rings. The highest BCUT2D eigenvalue weighted by molar-refractivity contribution is 9.10. The number of H-pyrrole nitrogens is 1. The summed E-state index contributed by atoms with van der Waals surface area (Å²) in [6.07, 6.45) is 2.32. The van der Waals surface area contributed by atoms with Gasteiger partial charge in [-0.25, -0.2) is 4.98 Å². The van der Waals surface area contributed by atoms with E-state index >= 15 is 0 Å². The van der Waals surface area contributed by atoms with E-state index in [1.54, 1.807) is 0 Å². The Hall–Kier alpha value is -1.60. The number of fused-ring (bicyclic) bond motifs is 1. The Morgan fingerprint density at radius 3 is 2.83 bits per heavy atom. The number of likely N-dealkylation sites (tertiary alicyclic amines) is 1. The van der Waals surface area contributed by atoms with E-state index in [0.29, 0.717) is 19.1 Å². The molecule has 4 rings (SSSR count). The van der Waals surface area contributed by atoms with Crippen LogP contribution in [0, 0.1) is 6.92 Å². The van der Waals surface area contributed by atoms with Crippen molar-refractivity contribution >= 4 is 15.9 Å². The summed E-state index contributed by atoms with van der Waals surface area (Å²) in [7, 11) is 0. The number of hydrogen-bond acceptors (Lipinski definition) is 5. The lowest BCUT2D eigenvalue weighted by molar-refractivity contribution is 0.169. The van der Waals surface area contributed by atoms with E-state index in [1.165, 1.54) is 12.0 Å². The SMILES string of the molecule is Cc1nc([C@H]2CCCN(Cc3cc4c(cc3Br)OCCO4)C2)n[nH]1. The lowest BCUT2D eigenvalue weighted by Gasteiger charge is -2.32. The van der Waals surface area contributed by atoms with Crippen molar-refractivity contribution in [3.05, 3.63) is 33.8 Å². The van der Waals surface area contributed by atoms with Crippen molar-refractivity contribution in [2.45, 2.75) is 32.2 Å². The summed E-state index contributed by atoms with van der Waals surface area (Å²) < 4.78 is 12.4. The zero-order chi connectivity index (χ0) is 16.5. The van der Waals surface area contributed by atoms with Crippen molar-refractivity contribution in [3.8, 4) is 11.5 Å². The first-order valence-electron chi connectivity index (χ1n) is 8.38. The highest BCUT2D eigenvalue weighted by Gasteiger charge is 2.25. The number of hydrogen-bond donors (Lipinski definition) is 1. The molecule has 3 heterocycles. The molecule has 0 bridgehead atoms. The summed E-state index contributed by atoms with van der Waals surface area (Å²) in [5.74, 6) is 3.90. The second-order valence-electron chi connectivity index (χ2n) is 6.44. The van der Waals surface area contributed by atoms with Gasteiger partial charge in [0.15, 0.2) is 17.3 Å². The maximum Gasteiger partial charge on any atom is 0.162 e. The molecule has 1 aromatic heterocycles. The molecule has 1 aromatic carbocycles. The summed E-state index contributed by atoms with van der Waals surface area (Å²) in [5.41, 5.74) is 1.23. The van der Waals surface area contributed by atoms with Crippen LogP contribution in [-0.4, -0.2) is 46.4 Å². The topological polar surface area (TPSA) is 63.3 Å². The average molecular weight is 393 g/mol. The molecule has 7 heteroatoms. The van der Waals surface area contributed by atoms with Crippen molar-refractivity contribution < 1.29 is 9.47 Å². The number of benzene rings is 1. The summed E-state index contributed by atoms with van der Waals surface area (Å²) in [6.45, 7) is 6.15. The molecule has 2 aromatic rings. The first-order valence-corrected chi connectivity index (χ1v) is 9.17. The zero-order valence-corrected chi connectivity index (χ0v) is 15.3. The van der Waals surface area contributed by atoms with Crippen LogP contribution in [0.4, 0.5) is 0 Å². The van der Waals surface area contributed by atoms with E-state index in [0.717, 1.165) is 53.7 Å². The second kappa shape index (κ2) is 6.72. The van der Waals surface area contributed by atoms with Gasteiger partial charge in [-0.2, -0.15) is 5.10 Å². The molecule has 0 saturated carbocycles. The van der Waals surface area contributed by atoms with E-state index in [-0.39, 0.29) is 0 Å². The Labute approximate surface area is 149 Å². The van der Waals surface area contributed by atoms with Crippen LogP contribution in [0.25, 0.3) is 0 Å². The lowest BCUT2D eigenvalue weighted by atomic mass is 9.97. The lowest BCUT2D eigenvalue weighted by Crippen LogP contribution is -2.34. The number of nitrogens with one attached hydrogen (secondary N) is 1. The molecule has 1 saturated heterocycles. The largest absolute Gasteiger partial charge is 0.486 e. The number of aromatic nitrogens is 3. The molecule has 0 amide bonds. The van der Waals surface area contributed by atoms with Crippen molar-refractivity contribution in [1.82, 2.24) is 20.1 Å². The van der Waals surface area contributed by atoms with Crippen LogP contribution in [0.15, 0.2) is 16.6 Å². The van der Waals surface area contributed by atoms with E-state index in [2.05, 4.69) is 42.1 Å². The van der Waals surface area contributed by atoms with E-state index in [1.807, 2.05) is 13.0 Å². The predicted octanol–water partition coefficient (Wildman–Crippen LogP) is 3.03. The number of nitrogens with zero attached hydrogens (tertiary/aromatic N) is 3. The highest BCUT2D eigenvalue weighted by atomic mass is 79.9. The Balaban J connectivity index is 1.48. The number of halogens is 1. The first kappa shape index (κ1) is 15.9. The van der Waals surface area contributed by atoms with Gasteiger partial charge in [0.1, 0.15) is 19.0 Å².